The molecule has 0 N–H and O–H groups in total. The van der Waals surface area contributed by atoms with Crippen LogP contribution in [0.25, 0.3) is 0 Å². The Morgan fingerprint density at radius 2 is 2.26 bits per heavy atom. The number of carbonyl (C=O) groups excluding carboxylic acids is 1. The van der Waals surface area contributed by atoms with Crippen molar-refractivity contribution >= 4 is 5.97 Å². The van der Waals surface area contributed by atoms with Gasteiger partial charge in [0.2, 0.25) is 0 Å². The highest BCUT2D eigenvalue weighted by molar-refractivity contribution is 5.65. The molecule has 0 bridgehead atoms. The van der Waals surface area contributed by atoms with Gasteiger partial charge in [-0.2, -0.15) is 5.10 Å². The summed E-state index contributed by atoms with van der Waals surface area (Å²) in [6, 6.07) is 0. The van der Waals surface area contributed by atoms with E-state index in [4.69, 9.17) is 6.42 Å². The predicted molar refractivity (Wildman–Crippen MR) is 67.4 cm³/mol. The molecule has 1 aromatic heterocycles. The van der Waals surface area contributed by atoms with Crippen LogP contribution in [0.3, 0.4) is 0 Å². The third kappa shape index (κ3) is 4.27. The van der Waals surface area contributed by atoms with E-state index in [-0.39, 0.29) is 25.7 Å². The maximum atomic E-state index is 11.8. The van der Waals surface area contributed by atoms with E-state index in [1.165, 1.54) is 6.92 Å². The largest absolute Gasteiger partial charge is 0.462 e. The van der Waals surface area contributed by atoms with Gasteiger partial charge in [0.1, 0.15) is 12.8 Å². The molecular weight excluding hydrogens is 250 g/mol. The van der Waals surface area contributed by atoms with Crippen LogP contribution < -0.4 is 11.2 Å². The number of terminal acetylenes is 1. The predicted octanol–water partition coefficient (Wildman–Crippen LogP) is -0.842. The molecule has 0 aliphatic heterocycles. The Morgan fingerprint density at radius 3 is 2.89 bits per heavy atom. The van der Waals surface area contributed by atoms with Gasteiger partial charge in [-0.05, 0) is 6.08 Å². The third-order valence-electron chi connectivity index (χ3n) is 2.10. The van der Waals surface area contributed by atoms with Crippen molar-refractivity contribution in [3.05, 3.63) is 39.2 Å². The zero-order chi connectivity index (χ0) is 14.3. The summed E-state index contributed by atoms with van der Waals surface area (Å²) in [5.41, 5.74) is -1.12. The summed E-state index contributed by atoms with van der Waals surface area (Å²) in [5.74, 6) is 1.84. The Bertz CT molecular complexity index is 634. The van der Waals surface area contributed by atoms with E-state index in [0.717, 1.165) is 15.4 Å². The molecule has 0 atom stereocenters. The van der Waals surface area contributed by atoms with E-state index in [0.29, 0.717) is 0 Å². The summed E-state index contributed by atoms with van der Waals surface area (Å²) in [4.78, 5) is 33.7. The van der Waals surface area contributed by atoms with Crippen LogP contribution in [0.5, 0.6) is 0 Å². The lowest BCUT2D eigenvalue weighted by atomic mass is 10.5. The Balaban J connectivity index is 2.78. The van der Waals surface area contributed by atoms with Gasteiger partial charge in [-0.15, -0.1) is 6.42 Å². The van der Waals surface area contributed by atoms with Gasteiger partial charge in [-0.3, -0.25) is 9.59 Å². The standard InChI is InChI=1S/C12H13N3O4/c1-3-6-14-11(17)9-13-15(12(14)18)7-4-5-8-19-10(2)16/h1,4-5,9H,6-8H2,2H3/b5-4+. The fraction of sp³-hybridized carbons (Fsp3) is 0.333. The average molecular weight is 263 g/mol. The molecule has 0 aliphatic carbocycles. The lowest BCUT2D eigenvalue weighted by molar-refractivity contribution is -0.139. The molecule has 0 radical (unpaired) electrons. The highest BCUT2D eigenvalue weighted by atomic mass is 16.5. The van der Waals surface area contributed by atoms with Gasteiger partial charge in [-0.25, -0.2) is 14.0 Å². The van der Waals surface area contributed by atoms with Gasteiger partial charge in [0.15, 0.2) is 0 Å². The van der Waals surface area contributed by atoms with Crippen LogP contribution in [0.15, 0.2) is 27.9 Å². The number of aromatic nitrogens is 3. The minimum absolute atomic E-state index is 0.0999. The number of rotatable bonds is 5. The first-order chi connectivity index (χ1) is 9.06. The second kappa shape index (κ2) is 6.96. The van der Waals surface area contributed by atoms with Crippen molar-refractivity contribution in [3.8, 4) is 12.3 Å². The molecule has 1 aromatic rings. The van der Waals surface area contributed by atoms with Crippen LogP contribution in [-0.4, -0.2) is 26.9 Å². The highest BCUT2D eigenvalue weighted by Gasteiger charge is 2.03. The van der Waals surface area contributed by atoms with Gasteiger partial charge >= 0.3 is 11.7 Å². The Kier molecular flexibility index (Phi) is 5.29. The molecular formula is C12H13N3O4. The van der Waals surface area contributed by atoms with E-state index in [9.17, 15) is 14.4 Å². The summed E-state index contributed by atoms with van der Waals surface area (Å²) in [6.07, 6.45) is 9.28. The minimum atomic E-state index is -0.581. The van der Waals surface area contributed by atoms with E-state index in [1.54, 1.807) is 12.2 Å². The zero-order valence-corrected chi connectivity index (χ0v) is 10.4. The molecule has 1 rings (SSSR count). The third-order valence-corrected chi connectivity index (χ3v) is 2.10. The zero-order valence-electron chi connectivity index (χ0n) is 10.4. The Hall–Kier alpha value is -2.62. The molecule has 19 heavy (non-hydrogen) atoms. The first kappa shape index (κ1) is 14.4. The van der Waals surface area contributed by atoms with Crippen molar-refractivity contribution < 1.29 is 9.53 Å². The van der Waals surface area contributed by atoms with E-state index >= 15 is 0 Å². The second-order valence-electron chi connectivity index (χ2n) is 3.51. The van der Waals surface area contributed by atoms with Crippen molar-refractivity contribution in [3.63, 3.8) is 0 Å². The summed E-state index contributed by atoms with van der Waals surface area (Å²) in [5, 5.41) is 3.70. The normalized spacial score (nSPS) is 10.3. The highest BCUT2D eigenvalue weighted by Crippen LogP contribution is 1.82. The number of hydrogen-bond acceptors (Lipinski definition) is 5. The first-order valence-corrected chi connectivity index (χ1v) is 5.45. The maximum Gasteiger partial charge on any atom is 0.348 e. The molecule has 0 saturated carbocycles. The van der Waals surface area contributed by atoms with Crippen molar-refractivity contribution in [2.24, 2.45) is 0 Å². The van der Waals surface area contributed by atoms with Crippen LogP contribution in [0.2, 0.25) is 0 Å². The second-order valence-corrected chi connectivity index (χ2v) is 3.51. The summed E-state index contributed by atoms with van der Waals surface area (Å²) in [7, 11) is 0. The molecule has 0 saturated heterocycles. The van der Waals surface area contributed by atoms with Gasteiger partial charge in [-0.1, -0.05) is 12.0 Å². The minimum Gasteiger partial charge on any atom is -0.462 e. The lowest BCUT2D eigenvalue weighted by Crippen LogP contribution is -2.40. The molecule has 0 aromatic carbocycles. The Morgan fingerprint density at radius 1 is 1.53 bits per heavy atom. The number of allylic oxidation sites excluding steroid dienone is 1. The van der Waals surface area contributed by atoms with Gasteiger partial charge in [0.25, 0.3) is 5.56 Å². The van der Waals surface area contributed by atoms with Gasteiger partial charge in [0.05, 0.1) is 13.1 Å². The summed E-state index contributed by atoms with van der Waals surface area (Å²) in [6.45, 7) is 1.48. The van der Waals surface area contributed by atoms with Crippen LogP contribution in [0.4, 0.5) is 0 Å². The van der Waals surface area contributed by atoms with E-state index in [2.05, 4.69) is 15.8 Å². The number of esters is 1. The average Bonchev–Trinajstić information content (AvgIpc) is 2.36. The molecule has 0 aliphatic rings. The molecule has 0 fully saturated rings. The number of hydrogen-bond donors (Lipinski definition) is 0. The fourth-order valence-corrected chi connectivity index (χ4v) is 1.24. The van der Waals surface area contributed by atoms with Crippen LogP contribution in [-0.2, 0) is 22.6 Å². The molecule has 7 nitrogen and oxygen atoms in total. The molecule has 0 unspecified atom stereocenters. The molecule has 7 heteroatoms. The summed E-state index contributed by atoms with van der Waals surface area (Å²) < 4.78 is 6.67. The molecule has 1 heterocycles. The fourth-order valence-electron chi connectivity index (χ4n) is 1.24. The van der Waals surface area contributed by atoms with Crippen molar-refractivity contribution in [2.45, 2.75) is 20.0 Å². The maximum absolute atomic E-state index is 11.8. The SMILES string of the molecule is C#CCn1c(=O)cnn(C/C=C/COC(C)=O)c1=O. The van der Waals surface area contributed by atoms with Crippen molar-refractivity contribution in [1.82, 2.24) is 14.3 Å². The summed E-state index contributed by atoms with van der Waals surface area (Å²) >= 11 is 0. The number of nitrogens with zero attached hydrogens (tertiary/aromatic N) is 3. The Labute approximate surface area is 109 Å². The van der Waals surface area contributed by atoms with Crippen LogP contribution in [0.1, 0.15) is 6.92 Å². The van der Waals surface area contributed by atoms with Gasteiger partial charge < -0.3 is 4.74 Å². The van der Waals surface area contributed by atoms with Crippen LogP contribution >= 0.6 is 0 Å². The topological polar surface area (TPSA) is 83.2 Å². The van der Waals surface area contributed by atoms with Crippen molar-refractivity contribution in [2.75, 3.05) is 6.61 Å². The number of ether oxygens (including phenoxy) is 1. The van der Waals surface area contributed by atoms with E-state index < -0.39 is 11.2 Å². The molecule has 0 spiro atoms. The quantitative estimate of drug-likeness (QED) is 0.393. The number of carbonyl (C=O) groups is 1. The van der Waals surface area contributed by atoms with Crippen LogP contribution in [0, 0.1) is 12.3 Å². The van der Waals surface area contributed by atoms with Gasteiger partial charge in [0, 0.05) is 6.92 Å². The molecule has 0 amide bonds. The lowest BCUT2D eigenvalue weighted by Gasteiger charge is -2.03. The van der Waals surface area contributed by atoms with E-state index in [1.807, 2.05) is 0 Å². The monoisotopic (exact) mass is 263 g/mol. The van der Waals surface area contributed by atoms with Crippen molar-refractivity contribution in [1.29, 1.82) is 0 Å². The first-order valence-electron chi connectivity index (χ1n) is 5.45. The smallest absolute Gasteiger partial charge is 0.348 e. The molecule has 100 valence electrons.